The number of halogens is 1. The van der Waals surface area contributed by atoms with E-state index in [1.54, 1.807) is 0 Å². The van der Waals surface area contributed by atoms with Crippen molar-refractivity contribution in [2.75, 3.05) is 13.1 Å². The van der Waals surface area contributed by atoms with Gasteiger partial charge in [-0.3, -0.25) is 4.90 Å². The fourth-order valence-corrected chi connectivity index (χ4v) is 3.72. The van der Waals surface area contributed by atoms with Crippen LogP contribution < -0.4 is 5.32 Å². The van der Waals surface area contributed by atoms with E-state index in [2.05, 4.69) is 16.3 Å². The molecule has 1 N–H and O–H groups in total. The summed E-state index contributed by atoms with van der Waals surface area (Å²) in [7, 11) is 0. The van der Waals surface area contributed by atoms with Crippen molar-refractivity contribution in [3.8, 4) is 6.07 Å². The van der Waals surface area contributed by atoms with Crippen LogP contribution >= 0.6 is 11.6 Å². The number of alkyl carbamates (subject to hydrolysis) is 1. The van der Waals surface area contributed by atoms with Crippen LogP contribution in [-0.4, -0.2) is 35.8 Å². The lowest BCUT2D eigenvalue weighted by Crippen LogP contribution is -2.53. The molecule has 0 radical (unpaired) electrons. The Morgan fingerprint density at radius 1 is 1.38 bits per heavy atom. The van der Waals surface area contributed by atoms with E-state index in [1.165, 1.54) is 0 Å². The third-order valence-corrected chi connectivity index (χ3v) is 5.10. The third kappa shape index (κ3) is 4.90. The number of hydrogen-bond donors (Lipinski definition) is 1. The predicted molar refractivity (Wildman–Crippen MR) is 103 cm³/mol. The van der Waals surface area contributed by atoms with Gasteiger partial charge in [0.25, 0.3) is 0 Å². The summed E-state index contributed by atoms with van der Waals surface area (Å²) in [6.07, 6.45) is 1.62. The number of nitrogens with zero attached hydrogens (tertiary/aromatic N) is 2. The van der Waals surface area contributed by atoms with Gasteiger partial charge in [0.15, 0.2) is 0 Å². The Morgan fingerprint density at radius 3 is 2.50 bits per heavy atom. The Hall–Kier alpha value is -1.77. The summed E-state index contributed by atoms with van der Waals surface area (Å²) < 4.78 is 5.36. The van der Waals surface area contributed by atoms with Crippen molar-refractivity contribution in [2.24, 2.45) is 0 Å². The number of carbonyl (C=O) groups is 1. The van der Waals surface area contributed by atoms with Gasteiger partial charge in [-0.2, -0.15) is 5.26 Å². The Labute approximate surface area is 161 Å². The Kier molecular flexibility index (Phi) is 6.54. The molecule has 5 nitrogen and oxygen atoms in total. The van der Waals surface area contributed by atoms with E-state index < -0.39 is 17.1 Å². The molecule has 1 aliphatic rings. The first-order chi connectivity index (χ1) is 12.2. The molecule has 0 aliphatic carbocycles. The van der Waals surface area contributed by atoms with E-state index in [4.69, 9.17) is 16.3 Å². The van der Waals surface area contributed by atoms with Gasteiger partial charge >= 0.3 is 6.09 Å². The normalized spacial score (nSPS) is 18.6. The summed E-state index contributed by atoms with van der Waals surface area (Å²) in [5.74, 6) is 0. The van der Waals surface area contributed by atoms with E-state index in [9.17, 15) is 10.1 Å². The van der Waals surface area contributed by atoms with Crippen LogP contribution in [-0.2, 0) is 10.2 Å². The van der Waals surface area contributed by atoms with Crippen LogP contribution in [0.2, 0.25) is 5.02 Å². The lowest BCUT2D eigenvalue weighted by Gasteiger charge is -2.41. The quantitative estimate of drug-likeness (QED) is 0.841. The molecule has 1 saturated heterocycles. The number of nitrogens with one attached hydrogen (secondary N) is 1. The van der Waals surface area contributed by atoms with E-state index in [1.807, 2.05) is 52.0 Å². The average Bonchev–Trinajstić information content (AvgIpc) is 2.59. The van der Waals surface area contributed by atoms with Gasteiger partial charge < -0.3 is 10.1 Å². The smallest absolute Gasteiger partial charge is 0.408 e. The van der Waals surface area contributed by atoms with Crippen molar-refractivity contribution in [2.45, 2.75) is 64.1 Å². The second-order valence-electron chi connectivity index (χ2n) is 7.78. The molecule has 6 heteroatoms. The molecule has 1 unspecified atom stereocenters. The van der Waals surface area contributed by atoms with Gasteiger partial charge in [-0.15, -0.1) is 0 Å². The van der Waals surface area contributed by atoms with E-state index in [0.29, 0.717) is 31.0 Å². The maximum atomic E-state index is 12.1. The standard InChI is InChI=1S/C20H28ClN3O2/c1-5-17(23-18(25)26-19(2,3)4)24-12-10-20(14-22,11-13-24)15-8-6-7-9-16(15)21/h6-9,17H,5,10-13H2,1-4H3,(H,23,25). The van der Waals surface area contributed by atoms with Gasteiger partial charge in [0.05, 0.1) is 17.6 Å². The number of ether oxygens (including phenoxy) is 1. The van der Waals surface area contributed by atoms with Crippen LogP contribution in [0.3, 0.4) is 0 Å². The molecule has 2 rings (SSSR count). The van der Waals surface area contributed by atoms with Gasteiger partial charge in [-0.1, -0.05) is 36.7 Å². The first-order valence-corrected chi connectivity index (χ1v) is 9.48. The number of amides is 1. The lowest BCUT2D eigenvalue weighted by atomic mass is 9.74. The van der Waals surface area contributed by atoms with Crippen molar-refractivity contribution in [1.82, 2.24) is 10.2 Å². The van der Waals surface area contributed by atoms with Crippen molar-refractivity contribution < 1.29 is 9.53 Å². The number of nitriles is 1. The third-order valence-electron chi connectivity index (χ3n) is 4.77. The Morgan fingerprint density at radius 2 is 2.00 bits per heavy atom. The summed E-state index contributed by atoms with van der Waals surface area (Å²) in [5.41, 5.74) is -0.194. The minimum absolute atomic E-state index is 0.104. The minimum Gasteiger partial charge on any atom is -0.444 e. The zero-order valence-electron chi connectivity index (χ0n) is 16.0. The summed E-state index contributed by atoms with van der Waals surface area (Å²) in [5, 5.41) is 13.4. The van der Waals surface area contributed by atoms with Gasteiger partial charge in [0, 0.05) is 18.1 Å². The molecule has 0 bridgehead atoms. The van der Waals surface area contributed by atoms with Crippen LogP contribution in [0.15, 0.2) is 24.3 Å². The maximum Gasteiger partial charge on any atom is 0.408 e. The maximum absolute atomic E-state index is 12.1. The molecule has 1 amide bonds. The molecule has 1 aromatic carbocycles. The Balaban J connectivity index is 2.05. The van der Waals surface area contributed by atoms with Crippen LogP contribution in [0, 0.1) is 11.3 Å². The molecule has 142 valence electrons. The Bertz CT molecular complexity index is 670. The van der Waals surface area contributed by atoms with Crippen LogP contribution in [0.5, 0.6) is 0 Å². The first kappa shape index (κ1) is 20.5. The van der Waals surface area contributed by atoms with E-state index in [0.717, 1.165) is 12.0 Å². The van der Waals surface area contributed by atoms with Gasteiger partial charge in [0.1, 0.15) is 5.60 Å². The average molecular weight is 378 g/mol. The summed E-state index contributed by atoms with van der Waals surface area (Å²) >= 11 is 6.34. The summed E-state index contributed by atoms with van der Waals surface area (Å²) in [6.45, 7) is 9.00. The summed E-state index contributed by atoms with van der Waals surface area (Å²) in [4.78, 5) is 14.3. The molecule has 0 spiro atoms. The first-order valence-electron chi connectivity index (χ1n) is 9.10. The predicted octanol–water partition coefficient (Wildman–Crippen LogP) is 4.46. The molecule has 0 aromatic heterocycles. The van der Waals surface area contributed by atoms with Crippen molar-refractivity contribution >= 4 is 17.7 Å². The molecule has 1 aliphatic heterocycles. The van der Waals surface area contributed by atoms with Gasteiger partial charge in [-0.05, 0) is 51.7 Å². The van der Waals surface area contributed by atoms with E-state index >= 15 is 0 Å². The molecular formula is C20H28ClN3O2. The minimum atomic E-state index is -0.570. The van der Waals surface area contributed by atoms with Crippen molar-refractivity contribution in [3.05, 3.63) is 34.9 Å². The van der Waals surface area contributed by atoms with Crippen molar-refractivity contribution in [3.63, 3.8) is 0 Å². The number of benzene rings is 1. The highest BCUT2D eigenvalue weighted by molar-refractivity contribution is 6.31. The lowest BCUT2D eigenvalue weighted by molar-refractivity contribution is 0.0368. The molecule has 0 saturated carbocycles. The summed E-state index contributed by atoms with van der Waals surface area (Å²) in [6, 6.07) is 10.1. The fraction of sp³-hybridized carbons (Fsp3) is 0.600. The van der Waals surface area contributed by atoms with Gasteiger partial charge in [0.2, 0.25) is 0 Å². The number of rotatable bonds is 4. The van der Waals surface area contributed by atoms with Crippen LogP contribution in [0.25, 0.3) is 0 Å². The number of hydrogen-bond acceptors (Lipinski definition) is 4. The van der Waals surface area contributed by atoms with Crippen LogP contribution in [0.1, 0.15) is 52.5 Å². The molecule has 1 fully saturated rings. The largest absolute Gasteiger partial charge is 0.444 e. The highest BCUT2D eigenvalue weighted by atomic mass is 35.5. The highest BCUT2D eigenvalue weighted by Crippen LogP contribution is 2.39. The second kappa shape index (κ2) is 8.28. The zero-order chi connectivity index (χ0) is 19.4. The molecular weight excluding hydrogens is 350 g/mol. The number of carbonyl (C=O) groups excluding carboxylic acids is 1. The van der Waals surface area contributed by atoms with Gasteiger partial charge in [-0.25, -0.2) is 4.79 Å². The van der Waals surface area contributed by atoms with E-state index in [-0.39, 0.29) is 6.17 Å². The van der Waals surface area contributed by atoms with Crippen LogP contribution in [0.4, 0.5) is 4.79 Å². The monoisotopic (exact) mass is 377 g/mol. The topological polar surface area (TPSA) is 65.4 Å². The van der Waals surface area contributed by atoms with Crippen molar-refractivity contribution in [1.29, 1.82) is 5.26 Å². The zero-order valence-corrected chi connectivity index (χ0v) is 16.8. The molecule has 1 aromatic rings. The number of piperidine rings is 1. The fourth-order valence-electron chi connectivity index (χ4n) is 3.40. The second-order valence-corrected chi connectivity index (χ2v) is 8.19. The number of likely N-dealkylation sites (tertiary alicyclic amines) is 1. The molecule has 1 heterocycles. The molecule has 26 heavy (non-hydrogen) atoms. The highest BCUT2D eigenvalue weighted by Gasteiger charge is 2.39. The SMILES string of the molecule is CCC(NC(=O)OC(C)(C)C)N1CCC(C#N)(c2ccccc2Cl)CC1. The molecule has 1 atom stereocenters.